The quantitative estimate of drug-likeness (QED) is 0.301. The molecular formula is C24H15ClN2O4S. The summed E-state index contributed by atoms with van der Waals surface area (Å²) in [7, 11) is 0. The summed E-state index contributed by atoms with van der Waals surface area (Å²) in [6.07, 6.45) is 0. The minimum atomic E-state index is -0.637. The van der Waals surface area contributed by atoms with Gasteiger partial charge >= 0.3 is 5.97 Å². The number of carbonyl (C=O) groups is 1. The zero-order valence-electron chi connectivity index (χ0n) is 16.7. The normalized spacial score (nSPS) is 15.2. The van der Waals surface area contributed by atoms with Crippen LogP contribution in [0.1, 0.15) is 32.5 Å². The third-order valence-electron chi connectivity index (χ3n) is 5.31. The predicted molar refractivity (Wildman–Crippen MR) is 121 cm³/mol. The first-order chi connectivity index (χ1) is 15.5. The van der Waals surface area contributed by atoms with E-state index in [4.69, 9.17) is 31.2 Å². The number of hydrogen-bond acceptors (Lipinski definition) is 7. The van der Waals surface area contributed by atoms with Gasteiger partial charge in [-0.25, -0.2) is 4.79 Å². The lowest BCUT2D eigenvalue weighted by Gasteiger charge is -2.25. The number of thiophene rings is 1. The number of nitrogens with zero attached hydrogens (tertiary/aromatic N) is 1. The van der Waals surface area contributed by atoms with Gasteiger partial charge in [0.2, 0.25) is 11.6 Å². The zero-order valence-corrected chi connectivity index (χ0v) is 18.3. The fourth-order valence-electron chi connectivity index (χ4n) is 3.79. The van der Waals surface area contributed by atoms with Crippen molar-refractivity contribution in [2.24, 2.45) is 5.73 Å². The highest BCUT2D eigenvalue weighted by molar-refractivity contribution is 7.10. The molecule has 0 fully saturated rings. The minimum Gasteiger partial charge on any atom is -0.449 e. The summed E-state index contributed by atoms with van der Waals surface area (Å²) in [5.41, 5.74) is 8.34. The van der Waals surface area contributed by atoms with Gasteiger partial charge in [-0.3, -0.25) is 0 Å². The van der Waals surface area contributed by atoms with Crippen LogP contribution in [0.15, 0.2) is 69.8 Å². The molecule has 0 aliphatic carbocycles. The molecule has 1 atom stereocenters. The number of halogens is 1. The second kappa shape index (κ2) is 7.75. The Morgan fingerprint density at radius 3 is 2.84 bits per heavy atom. The summed E-state index contributed by atoms with van der Waals surface area (Å²) in [4.78, 5) is 13.8. The van der Waals surface area contributed by atoms with Gasteiger partial charge in [0.15, 0.2) is 0 Å². The Hall–Kier alpha value is -3.73. The summed E-state index contributed by atoms with van der Waals surface area (Å²) >= 11 is 7.58. The lowest BCUT2D eigenvalue weighted by atomic mass is 9.88. The molecule has 8 heteroatoms. The van der Waals surface area contributed by atoms with E-state index < -0.39 is 5.97 Å². The van der Waals surface area contributed by atoms with Gasteiger partial charge in [-0.15, -0.1) is 11.3 Å². The largest absolute Gasteiger partial charge is 0.449 e. The molecule has 1 aliphatic rings. The van der Waals surface area contributed by atoms with Crippen molar-refractivity contribution in [1.29, 1.82) is 5.26 Å². The van der Waals surface area contributed by atoms with Gasteiger partial charge < -0.3 is 19.6 Å². The highest BCUT2D eigenvalue weighted by Gasteiger charge is 2.32. The van der Waals surface area contributed by atoms with E-state index in [0.717, 1.165) is 15.8 Å². The van der Waals surface area contributed by atoms with Crippen LogP contribution < -0.4 is 15.2 Å². The maximum atomic E-state index is 12.8. The van der Waals surface area contributed by atoms with Gasteiger partial charge in [0.25, 0.3) is 0 Å². The number of aryl methyl sites for hydroxylation is 1. The average molecular weight is 463 g/mol. The highest BCUT2D eigenvalue weighted by atomic mass is 35.5. The van der Waals surface area contributed by atoms with Crippen molar-refractivity contribution in [1.82, 2.24) is 0 Å². The number of furan rings is 1. The Kier molecular flexibility index (Phi) is 4.89. The van der Waals surface area contributed by atoms with Gasteiger partial charge in [-0.2, -0.15) is 5.26 Å². The molecule has 5 rings (SSSR count). The van der Waals surface area contributed by atoms with Gasteiger partial charge in [0.1, 0.15) is 28.7 Å². The molecular weight excluding hydrogens is 448 g/mol. The van der Waals surface area contributed by atoms with Gasteiger partial charge in [0, 0.05) is 32.5 Å². The van der Waals surface area contributed by atoms with Crippen molar-refractivity contribution in [3.8, 4) is 17.6 Å². The molecule has 0 spiro atoms. The van der Waals surface area contributed by atoms with E-state index in [0.29, 0.717) is 27.5 Å². The molecule has 0 saturated heterocycles. The van der Waals surface area contributed by atoms with E-state index in [-0.39, 0.29) is 23.3 Å². The number of hydrogen-bond donors (Lipinski definition) is 1. The number of ether oxygens (including phenoxy) is 2. The molecule has 158 valence electrons. The van der Waals surface area contributed by atoms with Gasteiger partial charge in [0.05, 0.1) is 5.92 Å². The van der Waals surface area contributed by atoms with Crippen LogP contribution in [0.2, 0.25) is 5.02 Å². The van der Waals surface area contributed by atoms with Crippen LogP contribution in [0.25, 0.3) is 11.0 Å². The number of fused-ring (bicyclic) bond motifs is 2. The van der Waals surface area contributed by atoms with Gasteiger partial charge in [-0.1, -0.05) is 23.7 Å². The summed E-state index contributed by atoms with van der Waals surface area (Å²) in [5.74, 6) is -0.143. The second-order valence-corrected chi connectivity index (χ2v) is 8.64. The SMILES string of the molecule is Cc1c(C(=O)Oc2ccc3c(c2)OC(N)=C(C#N)C3c2cccs2)oc2ccc(Cl)cc12. The average Bonchev–Trinajstić information content (AvgIpc) is 3.41. The first kappa shape index (κ1) is 20.2. The Morgan fingerprint density at radius 2 is 2.09 bits per heavy atom. The number of rotatable bonds is 3. The summed E-state index contributed by atoms with van der Waals surface area (Å²) < 4.78 is 16.9. The van der Waals surface area contributed by atoms with E-state index in [9.17, 15) is 10.1 Å². The molecule has 1 unspecified atom stereocenters. The number of allylic oxidation sites excluding steroid dienone is 1. The summed E-state index contributed by atoms with van der Waals surface area (Å²) in [6.45, 7) is 1.77. The van der Waals surface area contributed by atoms with Crippen molar-refractivity contribution in [3.63, 3.8) is 0 Å². The molecule has 32 heavy (non-hydrogen) atoms. The van der Waals surface area contributed by atoms with Crippen LogP contribution in [0.5, 0.6) is 11.5 Å². The van der Waals surface area contributed by atoms with Crippen LogP contribution in [0.3, 0.4) is 0 Å². The summed E-state index contributed by atoms with van der Waals surface area (Å²) in [5, 5.41) is 12.8. The fraction of sp³-hybridized carbons (Fsp3) is 0.0833. The van der Waals surface area contributed by atoms with E-state index in [1.54, 1.807) is 43.3 Å². The molecule has 3 heterocycles. The molecule has 2 aromatic carbocycles. The van der Waals surface area contributed by atoms with Crippen molar-refractivity contribution < 1.29 is 18.7 Å². The maximum absolute atomic E-state index is 12.8. The maximum Gasteiger partial charge on any atom is 0.379 e. The molecule has 0 radical (unpaired) electrons. The molecule has 0 bridgehead atoms. The van der Waals surface area contributed by atoms with Crippen molar-refractivity contribution in [2.45, 2.75) is 12.8 Å². The Labute approximate surface area is 192 Å². The zero-order chi connectivity index (χ0) is 22.4. The predicted octanol–water partition coefficient (Wildman–Crippen LogP) is 5.89. The van der Waals surface area contributed by atoms with Crippen molar-refractivity contribution >= 4 is 39.9 Å². The van der Waals surface area contributed by atoms with Crippen molar-refractivity contribution in [2.75, 3.05) is 0 Å². The molecule has 0 amide bonds. The number of benzene rings is 2. The standard InChI is InChI=1S/C24H15ClN2O4S/c1-12-16-9-13(25)4-7-18(16)30-22(12)24(28)29-14-5-6-15-19(10-14)31-23(27)17(11-26)21(15)20-3-2-8-32-20/h2-10,21H,27H2,1H3. The second-order valence-electron chi connectivity index (χ2n) is 7.23. The van der Waals surface area contributed by atoms with Crippen LogP contribution in [0, 0.1) is 18.3 Å². The van der Waals surface area contributed by atoms with Crippen LogP contribution in [-0.2, 0) is 0 Å². The number of carbonyl (C=O) groups excluding carboxylic acids is 1. The first-order valence-corrected chi connectivity index (χ1v) is 10.9. The first-order valence-electron chi connectivity index (χ1n) is 9.62. The van der Waals surface area contributed by atoms with E-state index in [1.165, 1.54) is 11.3 Å². The van der Waals surface area contributed by atoms with E-state index in [1.807, 2.05) is 17.5 Å². The monoisotopic (exact) mass is 462 g/mol. The molecule has 2 aromatic heterocycles. The molecule has 0 saturated carbocycles. The molecule has 2 N–H and O–H groups in total. The third kappa shape index (κ3) is 3.30. The van der Waals surface area contributed by atoms with Crippen molar-refractivity contribution in [3.05, 3.63) is 92.2 Å². The third-order valence-corrected chi connectivity index (χ3v) is 6.48. The van der Waals surface area contributed by atoms with E-state index >= 15 is 0 Å². The molecule has 4 aromatic rings. The van der Waals surface area contributed by atoms with Crippen LogP contribution in [0.4, 0.5) is 0 Å². The van der Waals surface area contributed by atoms with Gasteiger partial charge in [-0.05, 0) is 42.6 Å². The fourth-order valence-corrected chi connectivity index (χ4v) is 4.81. The summed E-state index contributed by atoms with van der Waals surface area (Å²) in [6, 6.07) is 16.2. The van der Waals surface area contributed by atoms with Crippen LogP contribution >= 0.6 is 22.9 Å². The lowest BCUT2D eigenvalue weighted by molar-refractivity contribution is 0.0702. The number of esters is 1. The van der Waals surface area contributed by atoms with E-state index in [2.05, 4.69) is 6.07 Å². The highest BCUT2D eigenvalue weighted by Crippen LogP contribution is 2.44. The molecule has 1 aliphatic heterocycles. The smallest absolute Gasteiger partial charge is 0.379 e. The molecule has 6 nitrogen and oxygen atoms in total. The Balaban J connectivity index is 1.48. The number of nitriles is 1. The number of nitrogens with two attached hydrogens (primary N) is 1. The Bertz CT molecular complexity index is 1450. The topological polar surface area (TPSA) is 98.5 Å². The Morgan fingerprint density at radius 1 is 1.25 bits per heavy atom. The lowest BCUT2D eigenvalue weighted by Crippen LogP contribution is -2.20. The minimum absolute atomic E-state index is 0.0342. The van der Waals surface area contributed by atoms with Crippen LogP contribution in [-0.4, -0.2) is 5.97 Å².